The van der Waals surface area contributed by atoms with Gasteiger partial charge in [-0.1, -0.05) is 48.6 Å². The molecule has 0 saturated carbocycles. The lowest BCUT2D eigenvalue weighted by Gasteiger charge is -2.22. The third-order valence-electron chi connectivity index (χ3n) is 4.51. The SMILES string of the molecule is O=C(O)C1=CC(/C=C/c2ccccc2)n2ncc(C(=O)Nc3cccc(F)c3)c2N1. The number of carboxylic acid groups (broad SMARTS) is 1. The van der Waals surface area contributed by atoms with Gasteiger partial charge in [0.25, 0.3) is 5.91 Å². The van der Waals surface area contributed by atoms with Crippen molar-refractivity contribution in [1.29, 1.82) is 0 Å². The molecule has 0 aliphatic carbocycles. The van der Waals surface area contributed by atoms with Gasteiger partial charge in [-0.15, -0.1) is 0 Å². The fourth-order valence-electron chi connectivity index (χ4n) is 3.09. The first-order valence-electron chi connectivity index (χ1n) is 9.11. The molecule has 8 heteroatoms. The second-order valence-corrected chi connectivity index (χ2v) is 6.59. The lowest BCUT2D eigenvalue weighted by Crippen LogP contribution is -2.24. The number of carbonyl (C=O) groups is 2. The van der Waals surface area contributed by atoms with Crippen molar-refractivity contribution in [3.8, 4) is 0 Å². The Labute approximate surface area is 171 Å². The molecule has 1 atom stereocenters. The lowest BCUT2D eigenvalue weighted by molar-refractivity contribution is -0.132. The molecule has 1 unspecified atom stereocenters. The molecular formula is C22H17FN4O3. The number of anilines is 2. The molecule has 0 spiro atoms. The minimum atomic E-state index is -1.16. The highest BCUT2D eigenvalue weighted by Crippen LogP contribution is 2.29. The highest BCUT2D eigenvalue weighted by Gasteiger charge is 2.27. The van der Waals surface area contributed by atoms with E-state index in [1.807, 2.05) is 36.4 Å². The Hall–Kier alpha value is -4.20. The summed E-state index contributed by atoms with van der Waals surface area (Å²) in [6.45, 7) is 0. The van der Waals surface area contributed by atoms with Crippen LogP contribution in [0.3, 0.4) is 0 Å². The van der Waals surface area contributed by atoms with Crippen molar-refractivity contribution in [2.75, 3.05) is 10.6 Å². The number of hydrogen-bond donors (Lipinski definition) is 3. The van der Waals surface area contributed by atoms with Crippen LogP contribution in [0.2, 0.25) is 0 Å². The van der Waals surface area contributed by atoms with Crippen LogP contribution in [0.5, 0.6) is 0 Å². The summed E-state index contributed by atoms with van der Waals surface area (Å²) in [6.07, 6.45) is 6.50. The second-order valence-electron chi connectivity index (χ2n) is 6.59. The number of fused-ring (bicyclic) bond motifs is 1. The third-order valence-corrected chi connectivity index (χ3v) is 4.51. The number of benzene rings is 2. The van der Waals surface area contributed by atoms with E-state index in [1.165, 1.54) is 35.2 Å². The molecule has 30 heavy (non-hydrogen) atoms. The van der Waals surface area contributed by atoms with Crippen LogP contribution >= 0.6 is 0 Å². The summed E-state index contributed by atoms with van der Waals surface area (Å²) >= 11 is 0. The molecule has 7 nitrogen and oxygen atoms in total. The average molecular weight is 404 g/mol. The van der Waals surface area contributed by atoms with Crippen LogP contribution in [0, 0.1) is 5.82 Å². The van der Waals surface area contributed by atoms with E-state index in [4.69, 9.17) is 0 Å². The molecule has 4 rings (SSSR count). The molecule has 0 radical (unpaired) electrons. The van der Waals surface area contributed by atoms with Crippen LogP contribution in [-0.2, 0) is 4.79 Å². The fraction of sp³-hybridized carbons (Fsp3) is 0.0455. The molecule has 0 fully saturated rings. The van der Waals surface area contributed by atoms with Crippen molar-refractivity contribution in [3.63, 3.8) is 0 Å². The maximum atomic E-state index is 13.4. The summed E-state index contributed by atoms with van der Waals surface area (Å²) in [4.78, 5) is 24.3. The molecule has 3 N–H and O–H groups in total. The fourth-order valence-corrected chi connectivity index (χ4v) is 3.09. The Kier molecular flexibility index (Phi) is 5.13. The number of hydrogen-bond acceptors (Lipinski definition) is 4. The van der Waals surface area contributed by atoms with Crippen LogP contribution in [0.4, 0.5) is 15.9 Å². The normalized spacial score (nSPS) is 15.2. The average Bonchev–Trinajstić information content (AvgIpc) is 3.17. The Morgan fingerprint density at radius 1 is 1.17 bits per heavy atom. The summed E-state index contributed by atoms with van der Waals surface area (Å²) in [7, 11) is 0. The number of halogens is 1. The number of nitrogens with zero attached hydrogens (tertiary/aromatic N) is 2. The highest BCUT2D eigenvalue weighted by atomic mass is 19.1. The summed E-state index contributed by atoms with van der Waals surface area (Å²) < 4.78 is 14.9. The zero-order valence-corrected chi connectivity index (χ0v) is 15.6. The van der Waals surface area contributed by atoms with Crippen LogP contribution in [0.1, 0.15) is 22.0 Å². The Balaban J connectivity index is 1.65. The van der Waals surface area contributed by atoms with Crippen LogP contribution in [-0.4, -0.2) is 26.8 Å². The minimum absolute atomic E-state index is 0.0643. The number of aliphatic carboxylic acids is 1. The van der Waals surface area contributed by atoms with E-state index in [0.717, 1.165) is 5.56 Å². The lowest BCUT2D eigenvalue weighted by atomic mass is 10.1. The minimum Gasteiger partial charge on any atom is -0.477 e. The zero-order valence-electron chi connectivity index (χ0n) is 15.6. The highest BCUT2D eigenvalue weighted by molar-refractivity contribution is 6.08. The summed E-state index contributed by atoms with van der Waals surface area (Å²) in [5.41, 5.74) is 1.30. The standard InChI is InChI=1S/C22H17FN4O3/c23-15-7-4-8-16(11-15)25-21(28)18-13-24-27-17(10-9-14-5-2-1-3-6-14)12-19(22(29)30)26-20(18)27/h1-13,17,26H,(H,25,28)(H,29,30)/b10-9+. The zero-order chi connectivity index (χ0) is 21.1. The number of aromatic nitrogens is 2. The van der Waals surface area contributed by atoms with Crippen LogP contribution in [0.15, 0.2) is 78.6 Å². The van der Waals surface area contributed by atoms with E-state index >= 15 is 0 Å². The van der Waals surface area contributed by atoms with Gasteiger partial charge in [-0.05, 0) is 29.8 Å². The molecule has 2 heterocycles. The molecule has 1 amide bonds. The van der Waals surface area contributed by atoms with Crippen LogP contribution in [0.25, 0.3) is 6.08 Å². The van der Waals surface area contributed by atoms with Gasteiger partial charge in [0.05, 0.1) is 12.2 Å². The van der Waals surface area contributed by atoms with E-state index in [1.54, 1.807) is 12.1 Å². The molecule has 3 aromatic rings. The maximum absolute atomic E-state index is 13.4. The molecule has 1 aromatic heterocycles. The number of carboxylic acids is 1. The van der Waals surface area contributed by atoms with E-state index in [-0.39, 0.29) is 22.8 Å². The van der Waals surface area contributed by atoms with Gasteiger partial charge in [0, 0.05) is 5.69 Å². The first-order chi connectivity index (χ1) is 14.5. The summed E-state index contributed by atoms with van der Waals surface area (Å²) in [5.74, 6) is -1.93. The molecule has 150 valence electrons. The largest absolute Gasteiger partial charge is 0.477 e. The topological polar surface area (TPSA) is 96.2 Å². The van der Waals surface area contributed by atoms with Gasteiger partial charge in [-0.25, -0.2) is 13.9 Å². The predicted octanol–water partition coefficient (Wildman–Crippen LogP) is 3.92. The smallest absolute Gasteiger partial charge is 0.352 e. The molecule has 1 aliphatic heterocycles. The quantitative estimate of drug-likeness (QED) is 0.599. The van der Waals surface area contributed by atoms with Crippen molar-refractivity contribution in [2.24, 2.45) is 0 Å². The number of amides is 1. The number of carbonyl (C=O) groups excluding carboxylic acids is 1. The predicted molar refractivity (Wildman–Crippen MR) is 110 cm³/mol. The first kappa shape index (κ1) is 19.1. The van der Waals surface area contributed by atoms with Gasteiger partial charge in [0.2, 0.25) is 0 Å². The Bertz CT molecular complexity index is 1170. The first-order valence-corrected chi connectivity index (χ1v) is 9.11. The van der Waals surface area contributed by atoms with Crippen molar-refractivity contribution in [1.82, 2.24) is 9.78 Å². The molecule has 1 aliphatic rings. The van der Waals surface area contributed by atoms with Crippen molar-refractivity contribution in [2.45, 2.75) is 6.04 Å². The van der Waals surface area contributed by atoms with E-state index in [9.17, 15) is 19.1 Å². The summed E-state index contributed by atoms with van der Waals surface area (Å²) in [5, 5.41) is 19.1. The number of rotatable bonds is 5. The molecule has 0 saturated heterocycles. The number of allylic oxidation sites excluding steroid dienone is 2. The number of nitrogens with one attached hydrogen (secondary N) is 2. The third kappa shape index (κ3) is 3.97. The van der Waals surface area contributed by atoms with Gasteiger partial charge in [0.1, 0.15) is 22.9 Å². The van der Waals surface area contributed by atoms with Crippen molar-refractivity contribution in [3.05, 3.63) is 95.6 Å². The van der Waals surface area contributed by atoms with E-state index in [2.05, 4.69) is 15.7 Å². The van der Waals surface area contributed by atoms with Crippen molar-refractivity contribution < 1.29 is 19.1 Å². The Morgan fingerprint density at radius 3 is 2.70 bits per heavy atom. The van der Waals surface area contributed by atoms with E-state index < -0.39 is 23.7 Å². The molecular weight excluding hydrogens is 387 g/mol. The van der Waals surface area contributed by atoms with Crippen LogP contribution < -0.4 is 10.6 Å². The van der Waals surface area contributed by atoms with E-state index in [0.29, 0.717) is 0 Å². The maximum Gasteiger partial charge on any atom is 0.352 e. The van der Waals surface area contributed by atoms with Gasteiger partial charge >= 0.3 is 5.97 Å². The molecule has 0 bridgehead atoms. The Morgan fingerprint density at radius 2 is 1.97 bits per heavy atom. The summed E-state index contributed by atoms with van der Waals surface area (Å²) in [6, 6.07) is 14.5. The van der Waals surface area contributed by atoms with Gasteiger partial charge in [0.15, 0.2) is 0 Å². The van der Waals surface area contributed by atoms with Gasteiger partial charge < -0.3 is 15.7 Å². The van der Waals surface area contributed by atoms with Crippen molar-refractivity contribution >= 4 is 29.5 Å². The van der Waals surface area contributed by atoms with Gasteiger partial charge in [-0.3, -0.25) is 4.79 Å². The monoisotopic (exact) mass is 404 g/mol. The second kappa shape index (κ2) is 8.04. The van der Waals surface area contributed by atoms with Gasteiger partial charge in [-0.2, -0.15) is 5.10 Å². The molecule has 2 aromatic carbocycles.